The zero-order valence-electron chi connectivity index (χ0n) is 12.2. The van der Waals surface area contributed by atoms with E-state index >= 15 is 0 Å². The Bertz CT molecular complexity index is 640. The summed E-state index contributed by atoms with van der Waals surface area (Å²) in [6, 6.07) is 7.62. The topological polar surface area (TPSA) is 71.5 Å². The van der Waals surface area contributed by atoms with Crippen LogP contribution in [0.3, 0.4) is 0 Å². The average Bonchev–Trinajstić information content (AvgIpc) is 2.90. The van der Waals surface area contributed by atoms with Gasteiger partial charge in [-0.15, -0.1) is 11.3 Å². The van der Waals surface area contributed by atoms with E-state index in [2.05, 4.69) is 10.3 Å². The van der Waals surface area contributed by atoms with Gasteiger partial charge in [-0.1, -0.05) is 19.1 Å². The maximum absolute atomic E-state index is 11.0. The van der Waals surface area contributed by atoms with Crippen LogP contribution in [0.4, 0.5) is 5.13 Å². The lowest BCUT2D eigenvalue weighted by Crippen LogP contribution is -2.02. The van der Waals surface area contributed by atoms with E-state index in [4.69, 9.17) is 9.84 Å². The molecule has 0 aliphatic carbocycles. The normalized spacial score (nSPS) is 12.0. The lowest BCUT2D eigenvalue weighted by atomic mass is 10.0. The van der Waals surface area contributed by atoms with Crippen molar-refractivity contribution in [1.82, 2.24) is 4.98 Å². The van der Waals surface area contributed by atoms with E-state index < -0.39 is 5.97 Å². The molecule has 112 valence electrons. The number of thiazole rings is 1. The maximum Gasteiger partial charge on any atom is 0.303 e. The molecule has 2 aromatic rings. The fourth-order valence-corrected chi connectivity index (χ4v) is 3.14. The Labute approximate surface area is 127 Å². The Morgan fingerprint density at radius 1 is 1.48 bits per heavy atom. The number of nitrogens with zero attached hydrogens (tertiary/aromatic N) is 1. The molecule has 0 aliphatic rings. The van der Waals surface area contributed by atoms with Gasteiger partial charge in [-0.2, -0.15) is 0 Å². The van der Waals surface area contributed by atoms with Crippen LogP contribution in [0.15, 0.2) is 24.3 Å². The van der Waals surface area contributed by atoms with Crippen molar-refractivity contribution >= 4 is 22.4 Å². The van der Waals surface area contributed by atoms with Crippen molar-refractivity contribution in [3.05, 3.63) is 29.1 Å². The molecule has 0 bridgehead atoms. The van der Waals surface area contributed by atoms with E-state index in [0.29, 0.717) is 0 Å². The number of benzene rings is 1. The fourth-order valence-electron chi connectivity index (χ4n) is 2.16. The van der Waals surface area contributed by atoms with Crippen LogP contribution in [0.25, 0.3) is 11.3 Å². The van der Waals surface area contributed by atoms with Gasteiger partial charge < -0.3 is 15.2 Å². The molecule has 21 heavy (non-hydrogen) atoms. The number of hydrogen-bond donors (Lipinski definition) is 2. The number of hydrogen-bond acceptors (Lipinski definition) is 5. The summed E-state index contributed by atoms with van der Waals surface area (Å²) in [5.41, 5.74) is 1.67. The molecule has 1 heterocycles. The second-order valence-electron chi connectivity index (χ2n) is 4.68. The zero-order chi connectivity index (χ0) is 15.4. The van der Waals surface area contributed by atoms with Gasteiger partial charge in [0.15, 0.2) is 5.13 Å². The highest BCUT2D eigenvalue weighted by atomic mass is 32.1. The number of nitrogens with one attached hydrogen (secondary N) is 1. The number of carboxylic acid groups (broad SMARTS) is 1. The molecular formula is C15H18N2O3S. The molecular weight excluding hydrogens is 288 g/mol. The average molecular weight is 306 g/mol. The largest absolute Gasteiger partial charge is 0.496 e. The number of rotatable bonds is 6. The molecule has 6 heteroatoms. The second kappa shape index (κ2) is 6.58. The molecule has 0 saturated carbocycles. The highest BCUT2D eigenvalue weighted by Gasteiger charge is 2.22. The molecule has 1 atom stereocenters. The number of carboxylic acids is 1. The molecule has 0 aliphatic heterocycles. The van der Waals surface area contributed by atoms with Crippen molar-refractivity contribution in [2.24, 2.45) is 0 Å². The van der Waals surface area contributed by atoms with Gasteiger partial charge in [0.25, 0.3) is 0 Å². The summed E-state index contributed by atoms with van der Waals surface area (Å²) in [6.45, 7) is 1.90. The first-order valence-electron chi connectivity index (χ1n) is 6.60. The van der Waals surface area contributed by atoms with Gasteiger partial charge in [0.2, 0.25) is 0 Å². The first kappa shape index (κ1) is 15.3. The van der Waals surface area contributed by atoms with E-state index in [-0.39, 0.29) is 12.3 Å². The van der Waals surface area contributed by atoms with E-state index in [1.165, 1.54) is 11.3 Å². The van der Waals surface area contributed by atoms with Crippen LogP contribution < -0.4 is 10.1 Å². The Balaban J connectivity index is 2.51. The molecule has 1 unspecified atom stereocenters. The summed E-state index contributed by atoms with van der Waals surface area (Å²) in [5.74, 6) is -0.191. The number of ether oxygens (including phenoxy) is 1. The number of methoxy groups -OCH3 is 1. The van der Waals surface area contributed by atoms with Crippen molar-refractivity contribution < 1.29 is 14.6 Å². The summed E-state index contributed by atoms with van der Waals surface area (Å²) in [6.07, 6.45) is 0.0769. The number of anilines is 1. The van der Waals surface area contributed by atoms with E-state index in [1.807, 2.05) is 31.2 Å². The first-order valence-corrected chi connectivity index (χ1v) is 7.42. The Hall–Kier alpha value is -2.08. The van der Waals surface area contributed by atoms with Crippen LogP contribution in [0, 0.1) is 0 Å². The molecule has 1 aromatic heterocycles. The minimum Gasteiger partial charge on any atom is -0.496 e. The molecule has 0 fully saturated rings. The summed E-state index contributed by atoms with van der Waals surface area (Å²) in [7, 11) is 3.42. The highest BCUT2D eigenvalue weighted by Crippen LogP contribution is 2.40. The number of aromatic nitrogens is 1. The quantitative estimate of drug-likeness (QED) is 0.855. The monoisotopic (exact) mass is 306 g/mol. The maximum atomic E-state index is 11.0. The lowest BCUT2D eigenvalue weighted by Gasteiger charge is -2.11. The summed E-state index contributed by atoms with van der Waals surface area (Å²) in [5, 5.41) is 12.8. The molecule has 2 N–H and O–H groups in total. The molecule has 1 aromatic carbocycles. The summed E-state index contributed by atoms with van der Waals surface area (Å²) >= 11 is 1.48. The van der Waals surface area contributed by atoms with Gasteiger partial charge in [-0.3, -0.25) is 4.79 Å². The smallest absolute Gasteiger partial charge is 0.303 e. The van der Waals surface area contributed by atoms with Crippen molar-refractivity contribution in [2.75, 3.05) is 19.5 Å². The van der Waals surface area contributed by atoms with Gasteiger partial charge in [-0.05, 0) is 12.1 Å². The Morgan fingerprint density at radius 3 is 2.81 bits per heavy atom. The summed E-state index contributed by atoms with van der Waals surface area (Å²) < 4.78 is 5.39. The van der Waals surface area contributed by atoms with E-state index in [0.717, 1.165) is 27.0 Å². The molecule has 0 radical (unpaired) electrons. The highest BCUT2D eigenvalue weighted by molar-refractivity contribution is 7.16. The van der Waals surface area contributed by atoms with Crippen LogP contribution in [0.1, 0.15) is 24.1 Å². The van der Waals surface area contributed by atoms with Crippen molar-refractivity contribution in [1.29, 1.82) is 0 Å². The second-order valence-corrected chi connectivity index (χ2v) is 5.71. The van der Waals surface area contributed by atoms with Gasteiger partial charge in [0, 0.05) is 23.4 Å². The zero-order valence-corrected chi connectivity index (χ0v) is 13.0. The van der Waals surface area contributed by atoms with Gasteiger partial charge in [0.1, 0.15) is 5.75 Å². The SMILES string of the molecule is CNc1nc(-c2ccccc2OC)c(C(C)CC(=O)O)s1. The number of para-hydroxylation sites is 1. The molecule has 0 saturated heterocycles. The van der Waals surface area contributed by atoms with Gasteiger partial charge in [-0.25, -0.2) is 4.98 Å². The predicted molar refractivity (Wildman–Crippen MR) is 84.3 cm³/mol. The predicted octanol–water partition coefficient (Wildman–Crippen LogP) is 3.44. The minimum atomic E-state index is -0.812. The van der Waals surface area contributed by atoms with E-state index in [9.17, 15) is 4.79 Å². The third-order valence-electron chi connectivity index (χ3n) is 3.16. The number of carbonyl (C=O) groups is 1. The minimum absolute atomic E-state index is 0.0769. The lowest BCUT2D eigenvalue weighted by molar-refractivity contribution is -0.137. The standard InChI is InChI=1S/C15H18N2O3S/c1-9(8-12(18)19)14-13(17-15(16-2)21-14)10-6-4-5-7-11(10)20-3/h4-7,9H,8H2,1-3H3,(H,16,17)(H,18,19). The fraction of sp³-hybridized carbons (Fsp3) is 0.333. The Kier molecular flexibility index (Phi) is 4.80. The molecule has 5 nitrogen and oxygen atoms in total. The molecule has 0 spiro atoms. The van der Waals surface area contributed by atoms with E-state index in [1.54, 1.807) is 14.2 Å². The van der Waals surface area contributed by atoms with Crippen LogP contribution in [-0.4, -0.2) is 30.2 Å². The van der Waals surface area contributed by atoms with Crippen molar-refractivity contribution in [3.63, 3.8) is 0 Å². The Morgan fingerprint density at radius 2 is 2.19 bits per heavy atom. The molecule has 0 amide bonds. The first-order chi connectivity index (χ1) is 10.1. The number of aliphatic carboxylic acids is 1. The molecule has 2 rings (SSSR count). The van der Waals surface area contributed by atoms with Crippen LogP contribution in [0.5, 0.6) is 5.75 Å². The van der Waals surface area contributed by atoms with Crippen molar-refractivity contribution in [3.8, 4) is 17.0 Å². The van der Waals surface area contributed by atoms with Crippen LogP contribution >= 0.6 is 11.3 Å². The third-order valence-corrected chi connectivity index (χ3v) is 4.46. The van der Waals surface area contributed by atoms with Crippen molar-refractivity contribution in [2.45, 2.75) is 19.3 Å². The summed E-state index contributed by atoms with van der Waals surface area (Å²) in [4.78, 5) is 16.5. The van der Waals surface area contributed by atoms with Crippen LogP contribution in [-0.2, 0) is 4.79 Å². The van der Waals surface area contributed by atoms with Gasteiger partial charge >= 0.3 is 5.97 Å². The van der Waals surface area contributed by atoms with Crippen LogP contribution in [0.2, 0.25) is 0 Å². The van der Waals surface area contributed by atoms with Gasteiger partial charge in [0.05, 0.1) is 19.2 Å². The third kappa shape index (κ3) is 3.33.